The fourth-order valence-corrected chi connectivity index (χ4v) is 2.58. The second-order valence-electron chi connectivity index (χ2n) is 5.91. The first-order chi connectivity index (χ1) is 10.7. The van der Waals surface area contributed by atoms with Gasteiger partial charge in [-0.05, 0) is 25.7 Å². The van der Waals surface area contributed by atoms with Crippen LogP contribution in [0.5, 0.6) is 0 Å². The summed E-state index contributed by atoms with van der Waals surface area (Å²) in [6, 6.07) is 0. The van der Waals surface area contributed by atoms with E-state index in [1.54, 1.807) is 0 Å². The molecule has 5 heteroatoms. The molecule has 1 aliphatic rings. The maximum absolute atomic E-state index is 9.80. The predicted molar refractivity (Wildman–Crippen MR) is 85.7 cm³/mol. The van der Waals surface area contributed by atoms with Gasteiger partial charge in [0.15, 0.2) is 0 Å². The molecule has 3 N–H and O–H groups in total. The summed E-state index contributed by atoms with van der Waals surface area (Å²) in [6.07, 6.45) is 9.51. The molecule has 0 bridgehead atoms. The molecule has 0 aliphatic carbocycles. The molecule has 1 fully saturated rings. The van der Waals surface area contributed by atoms with Crippen molar-refractivity contribution in [2.24, 2.45) is 0 Å². The fourth-order valence-electron chi connectivity index (χ4n) is 2.58. The van der Waals surface area contributed by atoms with E-state index in [-0.39, 0.29) is 13.2 Å². The van der Waals surface area contributed by atoms with Gasteiger partial charge in [0.2, 0.25) is 0 Å². The van der Waals surface area contributed by atoms with Crippen LogP contribution in [0.4, 0.5) is 0 Å². The number of allylic oxidation sites excluding steroid dienone is 2. The average Bonchev–Trinajstić information content (AvgIpc) is 2.89. The molecule has 1 saturated heterocycles. The number of ether oxygens (including phenoxy) is 2. The van der Waals surface area contributed by atoms with E-state index in [1.807, 2.05) is 0 Å². The minimum absolute atomic E-state index is 0.148. The summed E-state index contributed by atoms with van der Waals surface area (Å²) in [5, 5.41) is 28.4. The summed E-state index contributed by atoms with van der Waals surface area (Å²) in [6.45, 7) is 2.50. The molecule has 1 aliphatic heterocycles. The molecule has 1 rings (SSSR count). The first-order valence-electron chi connectivity index (χ1n) is 8.55. The molecule has 0 radical (unpaired) electrons. The fraction of sp³-hybridized carbons (Fsp3) is 0.882. The molecule has 0 aromatic rings. The van der Waals surface area contributed by atoms with E-state index in [1.165, 1.54) is 19.3 Å². The van der Waals surface area contributed by atoms with Crippen molar-refractivity contribution >= 4 is 0 Å². The highest BCUT2D eigenvalue weighted by molar-refractivity contribution is 4.89. The van der Waals surface area contributed by atoms with Crippen LogP contribution in [-0.4, -0.2) is 59.6 Å². The number of aliphatic hydroxyl groups is 3. The van der Waals surface area contributed by atoms with Crippen molar-refractivity contribution in [2.45, 2.75) is 76.3 Å². The summed E-state index contributed by atoms with van der Waals surface area (Å²) < 4.78 is 10.9. The van der Waals surface area contributed by atoms with E-state index in [4.69, 9.17) is 14.6 Å². The highest BCUT2D eigenvalue weighted by Crippen LogP contribution is 2.21. The number of hydrogen-bond donors (Lipinski definition) is 3. The van der Waals surface area contributed by atoms with Gasteiger partial charge < -0.3 is 24.8 Å². The first kappa shape index (κ1) is 19.6. The molecule has 4 atom stereocenters. The average molecular weight is 316 g/mol. The van der Waals surface area contributed by atoms with E-state index in [0.29, 0.717) is 6.61 Å². The van der Waals surface area contributed by atoms with Crippen LogP contribution in [-0.2, 0) is 9.47 Å². The SMILES string of the molecule is CCCC/C=C/CCCCCO[C@H]1[C@@H]([C@@H](O)CO)OC[C@H]1O. The highest BCUT2D eigenvalue weighted by atomic mass is 16.6. The van der Waals surface area contributed by atoms with Crippen molar-refractivity contribution in [3.05, 3.63) is 12.2 Å². The lowest BCUT2D eigenvalue weighted by Crippen LogP contribution is -2.42. The zero-order chi connectivity index (χ0) is 16.2. The molecule has 5 nitrogen and oxygen atoms in total. The van der Waals surface area contributed by atoms with Gasteiger partial charge in [-0.1, -0.05) is 38.3 Å². The maximum Gasteiger partial charge on any atom is 0.114 e. The summed E-state index contributed by atoms with van der Waals surface area (Å²) in [7, 11) is 0. The Morgan fingerprint density at radius 3 is 2.59 bits per heavy atom. The Morgan fingerprint density at radius 1 is 1.18 bits per heavy atom. The van der Waals surface area contributed by atoms with Crippen LogP contribution in [0.3, 0.4) is 0 Å². The largest absolute Gasteiger partial charge is 0.394 e. The topological polar surface area (TPSA) is 79.2 Å². The minimum Gasteiger partial charge on any atom is -0.394 e. The number of unbranched alkanes of at least 4 members (excludes halogenated alkanes) is 5. The van der Waals surface area contributed by atoms with Crippen molar-refractivity contribution in [3.63, 3.8) is 0 Å². The molecule has 22 heavy (non-hydrogen) atoms. The van der Waals surface area contributed by atoms with Gasteiger partial charge in [0.1, 0.15) is 24.4 Å². The van der Waals surface area contributed by atoms with Crippen LogP contribution >= 0.6 is 0 Å². The van der Waals surface area contributed by atoms with E-state index >= 15 is 0 Å². The summed E-state index contributed by atoms with van der Waals surface area (Å²) >= 11 is 0. The normalized spacial score (nSPS) is 26.8. The molecule has 0 aromatic heterocycles. The second-order valence-corrected chi connectivity index (χ2v) is 5.91. The van der Waals surface area contributed by atoms with Crippen molar-refractivity contribution in [2.75, 3.05) is 19.8 Å². The maximum atomic E-state index is 9.80. The Morgan fingerprint density at radius 2 is 1.91 bits per heavy atom. The quantitative estimate of drug-likeness (QED) is 0.378. The van der Waals surface area contributed by atoms with Crippen molar-refractivity contribution < 1.29 is 24.8 Å². The molecule has 1 heterocycles. The Balaban J connectivity index is 2.07. The first-order valence-corrected chi connectivity index (χ1v) is 8.55. The number of aliphatic hydroxyl groups excluding tert-OH is 3. The van der Waals surface area contributed by atoms with Gasteiger partial charge >= 0.3 is 0 Å². The highest BCUT2D eigenvalue weighted by Gasteiger charge is 2.40. The third kappa shape index (κ3) is 7.20. The molecular weight excluding hydrogens is 284 g/mol. The molecule has 0 amide bonds. The molecule has 0 spiro atoms. The lowest BCUT2D eigenvalue weighted by molar-refractivity contribution is -0.0937. The third-order valence-electron chi connectivity index (χ3n) is 3.95. The zero-order valence-electron chi connectivity index (χ0n) is 13.7. The molecule has 130 valence electrons. The Kier molecular flexibility index (Phi) is 10.7. The van der Waals surface area contributed by atoms with Gasteiger partial charge in [0.05, 0.1) is 13.2 Å². The van der Waals surface area contributed by atoms with Crippen LogP contribution in [0.15, 0.2) is 12.2 Å². The summed E-state index contributed by atoms with van der Waals surface area (Å²) in [5.74, 6) is 0. The van der Waals surface area contributed by atoms with Gasteiger partial charge in [-0.2, -0.15) is 0 Å². The Bertz CT molecular complexity index is 295. The van der Waals surface area contributed by atoms with Gasteiger partial charge in [-0.25, -0.2) is 0 Å². The van der Waals surface area contributed by atoms with Gasteiger partial charge in [-0.15, -0.1) is 0 Å². The standard InChI is InChI=1S/C17H32O5/c1-2-3-4-5-6-7-8-9-10-11-21-17-15(20)13-22-16(17)14(19)12-18/h5-6,14-20H,2-4,7-13H2,1H3/b6-5+/t14-,15+,16+,17+/m0/s1. The van der Waals surface area contributed by atoms with Crippen molar-refractivity contribution in [1.29, 1.82) is 0 Å². The van der Waals surface area contributed by atoms with E-state index in [9.17, 15) is 10.2 Å². The molecule has 0 unspecified atom stereocenters. The summed E-state index contributed by atoms with van der Waals surface area (Å²) in [5.41, 5.74) is 0. The van der Waals surface area contributed by atoms with E-state index in [2.05, 4.69) is 19.1 Å². The molecular formula is C17H32O5. The lowest BCUT2D eigenvalue weighted by atomic mass is 10.1. The van der Waals surface area contributed by atoms with Crippen LogP contribution in [0.2, 0.25) is 0 Å². The Labute approximate surface area is 133 Å². The third-order valence-corrected chi connectivity index (χ3v) is 3.95. The van der Waals surface area contributed by atoms with Crippen LogP contribution in [0, 0.1) is 0 Å². The van der Waals surface area contributed by atoms with Crippen LogP contribution in [0.25, 0.3) is 0 Å². The molecule has 0 saturated carbocycles. The zero-order valence-corrected chi connectivity index (χ0v) is 13.7. The summed E-state index contributed by atoms with van der Waals surface area (Å²) in [4.78, 5) is 0. The monoisotopic (exact) mass is 316 g/mol. The van der Waals surface area contributed by atoms with E-state index < -0.39 is 24.4 Å². The Hall–Kier alpha value is -0.460. The van der Waals surface area contributed by atoms with Crippen molar-refractivity contribution in [3.8, 4) is 0 Å². The van der Waals surface area contributed by atoms with Crippen molar-refractivity contribution in [1.82, 2.24) is 0 Å². The number of hydrogen-bond acceptors (Lipinski definition) is 5. The van der Waals surface area contributed by atoms with Gasteiger partial charge in [-0.3, -0.25) is 0 Å². The van der Waals surface area contributed by atoms with Gasteiger partial charge in [0.25, 0.3) is 0 Å². The second kappa shape index (κ2) is 12.0. The van der Waals surface area contributed by atoms with Gasteiger partial charge in [0, 0.05) is 6.61 Å². The smallest absolute Gasteiger partial charge is 0.114 e. The lowest BCUT2D eigenvalue weighted by Gasteiger charge is -2.23. The van der Waals surface area contributed by atoms with E-state index in [0.717, 1.165) is 25.7 Å². The van der Waals surface area contributed by atoms with Crippen LogP contribution in [0.1, 0.15) is 51.9 Å². The minimum atomic E-state index is -1.00. The predicted octanol–water partition coefficient (Wildman–Crippen LogP) is 1.79. The number of rotatable bonds is 12. The van der Waals surface area contributed by atoms with Crippen LogP contribution < -0.4 is 0 Å². The molecule has 0 aromatic carbocycles.